The number of rotatable bonds is 5. The Morgan fingerprint density at radius 2 is 1.75 bits per heavy atom. The summed E-state index contributed by atoms with van der Waals surface area (Å²) in [5.74, 6) is -1.78. The monoisotopic (exact) mass is 411 g/mol. The van der Waals surface area contributed by atoms with Crippen LogP contribution in [0.25, 0.3) is 5.69 Å². The minimum absolute atomic E-state index is 0.0122. The molecule has 7 nitrogen and oxygen atoms in total. The van der Waals surface area contributed by atoms with Crippen molar-refractivity contribution in [3.8, 4) is 5.69 Å². The average molecular weight is 411 g/mol. The Kier molecular flexibility index (Phi) is 4.86. The van der Waals surface area contributed by atoms with E-state index in [0.717, 1.165) is 6.07 Å². The molecule has 0 spiro atoms. The molecular formula is C17H12F3N3O4S. The van der Waals surface area contributed by atoms with Gasteiger partial charge in [0.1, 0.15) is 5.56 Å². The number of carboxylic acids is 1. The third-order valence-electron chi connectivity index (χ3n) is 3.66. The van der Waals surface area contributed by atoms with Crippen molar-refractivity contribution < 1.29 is 31.5 Å². The summed E-state index contributed by atoms with van der Waals surface area (Å²) in [7, 11) is -3.96. The molecule has 1 aromatic heterocycles. The van der Waals surface area contributed by atoms with E-state index in [9.17, 15) is 26.4 Å². The molecule has 146 valence electrons. The summed E-state index contributed by atoms with van der Waals surface area (Å²) in [6, 6.07) is 12.4. The van der Waals surface area contributed by atoms with Crippen LogP contribution in [0.3, 0.4) is 0 Å². The number of carbonyl (C=O) groups is 1. The van der Waals surface area contributed by atoms with E-state index in [4.69, 9.17) is 5.11 Å². The highest BCUT2D eigenvalue weighted by Crippen LogP contribution is 2.34. The largest absolute Gasteiger partial charge is 0.478 e. The first-order valence-corrected chi connectivity index (χ1v) is 9.15. The normalized spacial score (nSPS) is 12.0. The van der Waals surface area contributed by atoms with Gasteiger partial charge in [0.2, 0.25) is 0 Å². The highest BCUT2D eigenvalue weighted by atomic mass is 32.2. The molecule has 2 aromatic carbocycles. The molecule has 0 fully saturated rings. The zero-order valence-electron chi connectivity index (χ0n) is 13.9. The molecule has 0 aliphatic carbocycles. The quantitative estimate of drug-likeness (QED) is 0.670. The number of nitrogens with one attached hydrogen (secondary N) is 1. The number of alkyl halides is 3. The molecule has 3 rings (SSSR count). The van der Waals surface area contributed by atoms with Crippen LogP contribution in [0.15, 0.2) is 65.7 Å². The van der Waals surface area contributed by atoms with Crippen molar-refractivity contribution in [3.63, 3.8) is 0 Å². The summed E-state index contributed by atoms with van der Waals surface area (Å²) >= 11 is 0. The molecule has 0 saturated carbocycles. The number of hydrogen-bond donors (Lipinski definition) is 2. The summed E-state index contributed by atoms with van der Waals surface area (Å²) in [4.78, 5) is 11.1. The summed E-state index contributed by atoms with van der Waals surface area (Å²) in [5.41, 5.74) is -2.65. The lowest BCUT2D eigenvalue weighted by atomic mass is 10.2. The van der Waals surface area contributed by atoms with E-state index in [1.165, 1.54) is 42.5 Å². The fourth-order valence-corrected chi connectivity index (χ4v) is 3.56. The predicted molar refractivity (Wildman–Crippen MR) is 92.8 cm³/mol. The van der Waals surface area contributed by atoms with Crippen molar-refractivity contribution in [3.05, 3.63) is 72.1 Å². The summed E-state index contributed by atoms with van der Waals surface area (Å²) < 4.78 is 67.5. The fourth-order valence-electron chi connectivity index (χ4n) is 2.49. The minimum Gasteiger partial charge on any atom is -0.478 e. The number of nitrogens with zero attached hydrogens (tertiary/aromatic N) is 2. The van der Waals surface area contributed by atoms with Crippen LogP contribution in [-0.4, -0.2) is 29.3 Å². The SMILES string of the molecule is O=C(O)c1cnn(-c2cccc(NS(=O)(=O)c3ccccc3)c2)c1C(F)(F)F. The van der Waals surface area contributed by atoms with Gasteiger partial charge < -0.3 is 5.11 Å². The molecule has 28 heavy (non-hydrogen) atoms. The van der Waals surface area contributed by atoms with Gasteiger partial charge in [-0.15, -0.1) is 0 Å². The molecule has 0 bridgehead atoms. The van der Waals surface area contributed by atoms with Crippen molar-refractivity contribution in [1.82, 2.24) is 9.78 Å². The standard InChI is InChI=1S/C17H12F3N3O4S/c18-17(19,20)15-14(16(24)25)10-21-23(15)12-6-4-5-11(9-12)22-28(26,27)13-7-2-1-3-8-13/h1-10,22H,(H,24,25). The van der Waals surface area contributed by atoms with Gasteiger partial charge in [0.25, 0.3) is 10.0 Å². The summed E-state index contributed by atoms with van der Waals surface area (Å²) in [6.45, 7) is 0. The third-order valence-corrected chi connectivity index (χ3v) is 5.06. The molecule has 3 aromatic rings. The van der Waals surface area contributed by atoms with Crippen molar-refractivity contribution in [2.75, 3.05) is 4.72 Å². The molecule has 1 heterocycles. The van der Waals surface area contributed by atoms with Crippen LogP contribution in [0.5, 0.6) is 0 Å². The van der Waals surface area contributed by atoms with E-state index < -0.39 is 33.4 Å². The number of hydrogen-bond acceptors (Lipinski definition) is 4. The smallest absolute Gasteiger partial charge is 0.434 e. The average Bonchev–Trinajstić information content (AvgIpc) is 3.08. The van der Waals surface area contributed by atoms with Gasteiger partial charge in [-0.3, -0.25) is 4.72 Å². The highest BCUT2D eigenvalue weighted by molar-refractivity contribution is 7.92. The van der Waals surface area contributed by atoms with E-state index in [2.05, 4.69) is 9.82 Å². The van der Waals surface area contributed by atoms with Gasteiger partial charge >= 0.3 is 12.1 Å². The van der Waals surface area contributed by atoms with Gasteiger partial charge in [-0.1, -0.05) is 24.3 Å². The van der Waals surface area contributed by atoms with Gasteiger partial charge in [0, 0.05) is 0 Å². The molecule has 0 radical (unpaired) electrons. The van der Waals surface area contributed by atoms with Crippen molar-refractivity contribution in [2.24, 2.45) is 0 Å². The van der Waals surface area contributed by atoms with E-state index in [1.54, 1.807) is 6.07 Å². The maximum absolute atomic E-state index is 13.3. The second-order valence-corrected chi connectivity index (χ2v) is 7.27. The molecule has 0 aliphatic rings. The molecule has 2 N–H and O–H groups in total. The van der Waals surface area contributed by atoms with Gasteiger partial charge in [0.15, 0.2) is 5.69 Å². The predicted octanol–water partition coefficient (Wildman–Crippen LogP) is 3.39. The van der Waals surface area contributed by atoms with Gasteiger partial charge in [-0.25, -0.2) is 17.9 Å². The van der Waals surface area contributed by atoms with Crippen LogP contribution >= 0.6 is 0 Å². The minimum atomic E-state index is -4.98. The van der Waals surface area contributed by atoms with Gasteiger partial charge in [-0.05, 0) is 30.3 Å². The van der Waals surface area contributed by atoms with E-state index in [0.29, 0.717) is 10.9 Å². The maximum atomic E-state index is 13.3. The number of aromatic nitrogens is 2. The second-order valence-electron chi connectivity index (χ2n) is 5.59. The van der Waals surface area contributed by atoms with Crippen LogP contribution < -0.4 is 4.72 Å². The Morgan fingerprint density at radius 1 is 1.07 bits per heavy atom. The Bertz CT molecular complexity index is 1130. The van der Waals surface area contributed by atoms with Crippen LogP contribution in [0.1, 0.15) is 16.1 Å². The first kappa shape index (κ1) is 19.4. The fraction of sp³-hybridized carbons (Fsp3) is 0.0588. The lowest BCUT2D eigenvalue weighted by Gasteiger charge is -2.13. The van der Waals surface area contributed by atoms with Crippen LogP contribution in [0.2, 0.25) is 0 Å². The Morgan fingerprint density at radius 3 is 2.36 bits per heavy atom. The van der Waals surface area contributed by atoms with Gasteiger partial charge in [-0.2, -0.15) is 18.3 Å². The molecule has 0 atom stereocenters. The zero-order chi connectivity index (χ0) is 20.5. The van der Waals surface area contributed by atoms with Gasteiger partial charge in [0.05, 0.1) is 22.5 Å². The summed E-state index contributed by atoms with van der Waals surface area (Å²) in [5, 5.41) is 12.5. The zero-order valence-corrected chi connectivity index (χ0v) is 14.7. The summed E-state index contributed by atoms with van der Waals surface area (Å²) in [6.07, 6.45) is -4.39. The lowest BCUT2D eigenvalue weighted by Crippen LogP contribution is -2.17. The van der Waals surface area contributed by atoms with Crippen molar-refractivity contribution in [2.45, 2.75) is 11.1 Å². The molecule has 0 saturated heterocycles. The molecule has 0 aliphatic heterocycles. The van der Waals surface area contributed by atoms with E-state index >= 15 is 0 Å². The Labute approximate surface area is 157 Å². The van der Waals surface area contributed by atoms with Crippen LogP contribution in [0, 0.1) is 0 Å². The first-order valence-electron chi connectivity index (χ1n) is 7.66. The maximum Gasteiger partial charge on any atom is 0.434 e. The third kappa shape index (κ3) is 3.83. The number of sulfonamides is 1. The van der Waals surface area contributed by atoms with E-state index in [-0.39, 0.29) is 16.3 Å². The Balaban J connectivity index is 2.03. The number of benzene rings is 2. The number of carboxylic acid groups (broad SMARTS) is 1. The molecule has 0 amide bonds. The van der Waals surface area contributed by atoms with Crippen molar-refractivity contribution in [1.29, 1.82) is 0 Å². The first-order chi connectivity index (χ1) is 13.1. The van der Waals surface area contributed by atoms with Crippen LogP contribution in [0.4, 0.5) is 18.9 Å². The van der Waals surface area contributed by atoms with Crippen LogP contribution in [-0.2, 0) is 16.2 Å². The van der Waals surface area contributed by atoms with Crippen molar-refractivity contribution >= 4 is 21.7 Å². The molecule has 11 heteroatoms. The number of aromatic carboxylic acids is 1. The van der Waals surface area contributed by atoms with E-state index in [1.807, 2.05) is 0 Å². The topological polar surface area (TPSA) is 101 Å². The Hall–Kier alpha value is -3.34. The number of anilines is 1. The second kappa shape index (κ2) is 7.00. The number of halogens is 3. The molecule has 0 unspecified atom stereocenters. The molecular weight excluding hydrogens is 399 g/mol. The lowest BCUT2D eigenvalue weighted by molar-refractivity contribution is -0.143. The highest BCUT2D eigenvalue weighted by Gasteiger charge is 2.40.